The van der Waals surface area contributed by atoms with Gasteiger partial charge in [-0.2, -0.15) is 0 Å². The van der Waals surface area contributed by atoms with Crippen LogP contribution in [0.3, 0.4) is 0 Å². The number of hydrogen-bond acceptors (Lipinski definition) is 2. The molecule has 1 N–H and O–H groups in total. The normalized spacial score (nSPS) is 10.9. The number of fused-ring (bicyclic) bond motifs is 1. The molecule has 1 heterocycles. The zero-order chi connectivity index (χ0) is 11.7. The van der Waals surface area contributed by atoms with Crippen molar-refractivity contribution in [2.75, 3.05) is 0 Å². The van der Waals surface area contributed by atoms with E-state index in [1.165, 1.54) is 0 Å². The van der Waals surface area contributed by atoms with E-state index in [-0.39, 0.29) is 11.6 Å². The highest BCUT2D eigenvalue weighted by atomic mass is 16.4. The zero-order valence-corrected chi connectivity index (χ0v) is 9.27. The fourth-order valence-electron chi connectivity index (χ4n) is 1.79. The summed E-state index contributed by atoms with van der Waals surface area (Å²) in [5, 5.41) is 10.0. The van der Waals surface area contributed by atoms with Crippen LogP contribution >= 0.6 is 0 Å². The van der Waals surface area contributed by atoms with E-state index in [0.29, 0.717) is 0 Å². The van der Waals surface area contributed by atoms with Gasteiger partial charge in [-0.1, -0.05) is 32.0 Å². The number of pyridine rings is 1. The Bertz CT molecular complexity index is 547. The van der Waals surface area contributed by atoms with Crippen molar-refractivity contribution in [2.45, 2.75) is 19.8 Å². The van der Waals surface area contributed by atoms with Crippen molar-refractivity contribution in [3.8, 4) is 0 Å². The number of aromatic carboxylic acids is 1. The van der Waals surface area contributed by atoms with Crippen molar-refractivity contribution >= 4 is 16.9 Å². The third-order valence-corrected chi connectivity index (χ3v) is 2.59. The number of hydrogen-bond donors (Lipinski definition) is 1. The van der Waals surface area contributed by atoms with Gasteiger partial charge in [0.15, 0.2) is 0 Å². The molecule has 0 amide bonds. The van der Waals surface area contributed by atoms with Gasteiger partial charge in [-0.3, -0.25) is 0 Å². The second kappa shape index (κ2) is 3.93. The lowest BCUT2D eigenvalue weighted by Gasteiger charge is -2.10. The van der Waals surface area contributed by atoms with Gasteiger partial charge in [-0.05, 0) is 23.6 Å². The van der Waals surface area contributed by atoms with Crippen molar-refractivity contribution in [3.63, 3.8) is 0 Å². The summed E-state index contributed by atoms with van der Waals surface area (Å²) in [6, 6.07) is 9.29. The fraction of sp³-hybridized carbons (Fsp3) is 0.231. The lowest BCUT2D eigenvalue weighted by Crippen LogP contribution is -2.03. The summed E-state index contributed by atoms with van der Waals surface area (Å²) in [6.07, 6.45) is 0. The first kappa shape index (κ1) is 10.6. The monoisotopic (exact) mass is 215 g/mol. The number of para-hydroxylation sites is 1. The lowest BCUT2D eigenvalue weighted by atomic mass is 9.98. The van der Waals surface area contributed by atoms with Crippen LogP contribution in [0.5, 0.6) is 0 Å². The Labute approximate surface area is 93.7 Å². The number of carboxylic acid groups (broad SMARTS) is 1. The molecule has 3 nitrogen and oxygen atoms in total. The van der Waals surface area contributed by atoms with Crippen molar-refractivity contribution in [3.05, 3.63) is 41.6 Å². The van der Waals surface area contributed by atoms with Crippen molar-refractivity contribution in [1.29, 1.82) is 0 Å². The average molecular weight is 215 g/mol. The molecule has 0 aliphatic carbocycles. The van der Waals surface area contributed by atoms with Crippen molar-refractivity contribution in [2.24, 2.45) is 0 Å². The molecular formula is C13H13NO2. The molecule has 0 aliphatic rings. The Hall–Kier alpha value is -1.90. The largest absolute Gasteiger partial charge is 0.477 e. The molecule has 1 aromatic carbocycles. The molecule has 0 atom stereocenters. The molecule has 16 heavy (non-hydrogen) atoms. The molecule has 1 aromatic heterocycles. The Kier molecular flexibility index (Phi) is 2.60. The first-order valence-corrected chi connectivity index (χ1v) is 5.22. The number of carbonyl (C=O) groups is 1. The highest BCUT2D eigenvalue weighted by molar-refractivity contribution is 5.91. The molecule has 0 fully saturated rings. The van der Waals surface area contributed by atoms with E-state index in [0.717, 1.165) is 16.5 Å². The van der Waals surface area contributed by atoms with Crippen LogP contribution in [0.4, 0.5) is 0 Å². The SMILES string of the molecule is CC(C)c1cc(C(=O)O)nc2ccccc12. The predicted molar refractivity (Wildman–Crippen MR) is 62.8 cm³/mol. The number of rotatable bonds is 2. The summed E-state index contributed by atoms with van der Waals surface area (Å²) in [7, 11) is 0. The van der Waals surface area contributed by atoms with Gasteiger partial charge in [0.05, 0.1) is 5.52 Å². The van der Waals surface area contributed by atoms with Crippen LogP contribution in [0.1, 0.15) is 35.8 Å². The average Bonchev–Trinajstić information content (AvgIpc) is 2.27. The summed E-state index contributed by atoms with van der Waals surface area (Å²) in [6.45, 7) is 4.10. The maximum atomic E-state index is 11.0. The van der Waals surface area contributed by atoms with Gasteiger partial charge < -0.3 is 5.11 Å². The summed E-state index contributed by atoms with van der Waals surface area (Å²) in [5.74, 6) is -0.696. The molecule has 0 saturated carbocycles. The lowest BCUT2D eigenvalue weighted by molar-refractivity contribution is 0.0691. The van der Waals surface area contributed by atoms with Crippen molar-refractivity contribution in [1.82, 2.24) is 4.98 Å². The third-order valence-electron chi connectivity index (χ3n) is 2.59. The molecule has 2 aromatic rings. The van der Waals surface area contributed by atoms with Gasteiger partial charge in [0, 0.05) is 5.39 Å². The molecular weight excluding hydrogens is 202 g/mol. The predicted octanol–water partition coefficient (Wildman–Crippen LogP) is 3.06. The summed E-state index contributed by atoms with van der Waals surface area (Å²) < 4.78 is 0. The van der Waals surface area contributed by atoms with Crippen LogP contribution in [-0.4, -0.2) is 16.1 Å². The van der Waals surface area contributed by atoms with Crippen LogP contribution in [0.25, 0.3) is 10.9 Å². The summed E-state index contributed by atoms with van der Waals surface area (Å²) in [4.78, 5) is 15.1. The molecule has 0 unspecified atom stereocenters. The first-order chi connectivity index (χ1) is 7.59. The van der Waals surface area contributed by atoms with Crippen LogP contribution < -0.4 is 0 Å². The molecule has 0 radical (unpaired) electrons. The first-order valence-electron chi connectivity index (χ1n) is 5.22. The number of carboxylic acids is 1. The number of aromatic nitrogens is 1. The van der Waals surface area contributed by atoms with Crippen LogP contribution in [-0.2, 0) is 0 Å². The molecule has 82 valence electrons. The van der Waals surface area contributed by atoms with E-state index >= 15 is 0 Å². The van der Waals surface area contributed by atoms with Crippen molar-refractivity contribution < 1.29 is 9.90 Å². The molecule has 3 heteroatoms. The number of nitrogens with zero attached hydrogens (tertiary/aromatic N) is 1. The van der Waals surface area contributed by atoms with E-state index in [2.05, 4.69) is 4.98 Å². The molecule has 2 rings (SSSR count). The van der Waals surface area contributed by atoms with E-state index in [1.54, 1.807) is 6.07 Å². The quantitative estimate of drug-likeness (QED) is 0.837. The Morgan fingerprint density at radius 1 is 1.31 bits per heavy atom. The minimum Gasteiger partial charge on any atom is -0.477 e. The van der Waals surface area contributed by atoms with Crippen LogP contribution in [0.15, 0.2) is 30.3 Å². The zero-order valence-electron chi connectivity index (χ0n) is 9.27. The van der Waals surface area contributed by atoms with E-state index in [4.69, 9.17) is 5.11 Å². The minimum atomic E-state index is -0.979. The summed E-state index contributed by atoms with van der Waals surface area (Å²) in [5.41, 5.74) is 1.89. The maximum absolute atomic E-state index is 11.0. The van der Waals surface area contributed by atoms with Crippen LogP contribution in [0, 0.1) is 0 Å². The van der Waals surface area contributed by atoms with Gasteiger partial charge in [-0.25, -0.2) is 9.78 Å². The number of benzene rings is 1. The van der Waals surface area contributed by atoms with Gasteiger partial charge in [0.1, 0.15) is 5.69 Å². The van der Waals surface area contributed by atoms with E-state index in [1.807, 2.05) is 38.1 Å². The highest BCUT2D eigenvalue weighted by Crippen LogP contribution is 2.25. The Morgan fingerprint density at radius 2 is 2.00 bits per heavy atom. The topological polar surface area (TPSA) is 50.2 Å². The Morgan fingerprint density at radius 3 is 2.62 bits per heavy atom. The molecule has 0 bridgehead atoms. The fourth-order valence-corrected chi connectivity index (χ4v) is 1.79. The third kappa shape index (κ3) is 1.76. The summed E-state index contributed by atoms with van der Waals surface area (Å²) >= 11 is 0. The van der Waals surface area contributed by atoms with Crippen LogP contribution in [0.2, 0.25) is 0 Å². The minimum absolute atomic E-state index is 0.113. The highest BCUT2D eigenvalue weighted by Gasteiger charge is 2.12. The molecule has 0 spiro atoms. The molecule has 0 saturated heterocycles. The standard InChI is InChI=1S/C13H13NO2/c1-8(2)10-7-12(13(15)16)14-11-6-4-3-5-9(10)11/h3-8H,1-2H3,(H,15,16). The Balaban J connectivity index is 2.78. The van der Waals surface area contributed by atoms with E-state index in [9.17, 15) is 4.79 Å². The van der Waals surface area contributed by atoms with E-state index < -0.39 is 5.97 Å². The maximum Gasteiger partial charge on any atom is 0.354 e. The van der Waals surface area contributed by atoms with Gasteiger partial charge in [0.25, 0.3) is 0 Å². The van der Waals surface area contributed by atoms with Gasteiger partial charge >= 0.3 is 5.97 Å². The second-order valence-corrected chi connectivity index (χ2v) is 4.07. The van der Waals surface area contributed by atoms with Gasteiger partial charge in [0.2, 0.25) is 0 Å². The van der Waals surface area contributed by atoms with Gasteiger partial charge in [-0.15, -0.1) is 0 Å². The molecule has 0 aliphatic heterocycles. The second-order valence-electron chi connectivity index (χ2n) is 4.07. The smallest absolute Gasteiger partial charge is 0.354 e.